The van der Waals surface area contributed by atoms with Crippen molar-refractivity contribution in [1.29, 1.82) is 0 Å². The van der Waals surface area contributed by atoms with Gasteiger partial charge in [0.1, 0.15) is 6.61 Å². The number of benzene rings is 2. The topological polar surface area (TPSA) is 70.8 Å². The Labute approximate surface area is 154 Å². The van der Waals surface area contributed by atoms with Crippen LogP contribution < -0.4 is 5.73 Å². The van der Waals surface area contributed by atoms with E-state index >= 15 is 0 Å². The number of fused-ring (bicyclic) bond motifs is 3. The molecule has 3 rings (SSSR count). The molecule has 0 amide bonds. The Morgan fingerprint density at radius 2 is 1.42 bits per heavy atom. The zero-order chi connectivity index (χ0) is 18.2. The van der Waals surface area contributed by atoms with Gasteiger partial charge in [-0.05, 0) is 22.3 Å². The zero-order valence-corrected chi connectivity index (χ0v) is 14.9. The van der Waals surface area contributed by atoms with Crippen molar-refractivity contribution in [3.8, 4) is 11.1 Å². The van der Waals surface area contributed by atoms with Crippen molar-refractivity contribution in [2.45, 2.75) is 12.3 Å². The minimum atomic E-state index is -0.241. The van der Waals surface area contributed by atoms with Gasteiger partial charge in [-0.3, -0.25) is 4.79 Å². The van der Waals surface area contributed by atoms with Crippen molar-refractivity contribution in [3.05, 3.63) is 59.7 Å². The van der Waals surface area contributed by atoms with Crippen LogP contribution >= 0.6 is 0 Å². The Balaban J connectivity index is 1.47. The second-order valence-electron chi connectivity index (χ2n) is 6.17. The number of carbonyl (C=O) groups is 1. The average molecular weight is 355 g/mol. The minimum absolute atomic E-state index is 0.0944. The molecule has 0 bridgehead atoms. The molecule has 1 aliphatic rings. The molecule has 0 radical (unpaired) electrons. The van der Waals surface area contributed by atoms with Gasteiger partial charge in [-0.15, -0.1) is 0 Å². The quantitative estimate of drug-likeness (QED) is 0.524. The highest BCUT2D eigenvalue weighted by molar-refractivity contribution is 5.79. The van der Waals surface area contributed by atoms with Crippen molar-refractivity contribution in [1.82, 2.24) is 0 Å². The summed E-state index contributed by atoms with van der Waals surface area (Å²) in [4.78, 5) is 12.0. The Bertz CT molecular complexity index is 686. The second kappa shape index (κ2) is 9.48. The molecule has 138 valence electrons. The van der Waals surface area contributed by atoms with Crippen molar-refractivity contribution in [2.24, 2.45) is 5.73 Å². The predicted molar refractivity (Wildman–Crippen MR) is 100.0 cm³/mol. The summed E-state index contributed by atoms with van der Waals surface area (Å²) < 4.78 is 16.1. The molecule has 0 saturated heterocycles. The third-order valence-corrected chi connectivity index (χ3v) is 4.46. The van der Waals surface area contributed by atoms with E-state index < -0.39 is 0 Å². The Morgan fingerprint density at radius 1 is 0.846 bits per heavy atom. The van der Waals surface area contributed by atoms with Gasteiger partial charge in [0, 0.05) is 12.5 Å². The number of rotatable bonds is 10. The maximum absolute atomic E-state index is 12.0. The van der Waals surface area contributed by atoms with Crippen molar-refractivity contribution < 1.29 is 19.0 Å². The SMILES string of the molecule is NCCOCCOCCC(=O)OCC1c2ccccc2-c2ccccc21. The maximum atomic E-state index is 12.0. The first-order valence-corrected chi connectivity index (χ1v) is 9.00. The number of hydrogen-bond acceptors (Lipinski definition) is 5. The van der Waals surface area contributed by atoms with Crippen LogP contribution in [0.15, 0.2) is 48.5 Å². The molecule has 5 nitrogen and oxygen atoms in total. The van der Waals surface area contributed by atoms with Gasteiger partial charge in [0.2, 0.25) is 0 Å². The lowest BCUT2D eigenvalue weighted by Crippen LogP contribution is -2.15. The van der Waals surface area contributed by atoms with E-state index in [1.165, 1.54) is 22.3 Å². The molecule has 5 heteroatoms. The van der Waals surface area contributed by atoms with Gasteiger partial charge in [-0.25, -0.2) is 0 Å². The first-order chi connectivity index (χ1) is 12.8. The highest BCUT2D eigenvalue weighted by atomic mass is 16.5. The summed E-state index contributed by atoms with van der Waals surface area (Å²) >= 11 is 0. The molecule has 0 saturated carbocycles. The summed E-state index contributed by atoms with van der Waals surface area (Å²) in [5, 5.41) is 0. The van der Waals surface area contributed by atoms with E-state index in [1.54, 1.807) is 0 Å². The second-order valence-corrected chi connectivity index (χ2v) is 6.17. The number of carbonyl (C=O) groups excluding carboxylic acids is 1. The molecule has 2 aromatic carbocycles. The summed E-state index contributed by atoms with van der Waals surface area (Å²) in [5.41, 5.74) is 10.2. The summed E-state index contributed by atoms with van der Waals surface area (Å²) in [6, 6.07) is 16.6. The first-order valence-electron chi connectivity index (χ1n) is 9.00. The maximum Gasteiger partial charge on any atom is 0.308 e. The number of hydrogen-bond donors (Lipinski definition) is 1. The summed E-state index contributed by atoms with van der Waals surface area (Å²) in [6.45, 7) is 2.66. The number of esters is 1. The largest absolute Gasteiger partial charge is 0.465 e. The predicted octanol–water partition coefficient (Wildman–Crippen LogP) is 2.72. The molecule has 0 heterocycles. The third-order valence-electron chi connectivity index (χ3n) is 4.46. The molecular weight excluding hydrogens is 330 g/mol. The molecule has 26 heavy (non-hydrogen) atoms. The molecule has 0 aliphatic heterocycles. The van der Waals surface area contributed by atoms with Gasteiger partial charge in [0.15, 0.2) is 0 Å². The van der Waals surface area contributed by atoms with Crippen LogP contribution in [-0.2, 0) is 19.0 Å². The van der Waals surface area contributed by atoms with Crippen LogP contribution in [0.1, 0.15) is 23.5 Å². The monoisotopic (exact) mass is 355 g/mol. The van der Waals surface area contributed by atoms with Crippen molar-refractivity contribution in [3.63, 3.8) is 0 Å². The van der Waals surface area contributed by atoms with E-state index in [2.05, 4.69) is 24.3 Å². The molecule has 0 atom stereocenters. The van der Waals surface area contributed by atoms with Crippen molar-refractivity contribution in [2.75, 3.05) is 39.6 Å². The number of nitrogens with two attached hydrogens (primary N) is 1. The zero-order valence-electron chi connectivity index (χ0n) is 14.9. The smallest absolute Gasteiger partial charge is 0.308 e. The van der Waals surface area contributed by atoms with Crippen LogP contribution in [0.2, 0.25) is 0 Å². The highest BCUT2D eigenvalue weighted by Crippen LogP contribution is 2.44. The molecule has 1 aliphatic carbocycles. The molecule has 0 spiro atoms. The van der Waals surface area contributed by atoms with E-state index in [9.17, 15) is 4.79 Å². The van der Waals surface area contributed by atoms with Crippen molar-refractivity contribution >= 4 is 5.97 Å². The van der Waals surface area contributed by atoms with Crippen LogP contribution in [-0.4, -0.2) is 45.5 Å². The molecule has 0 fully saturated rings. The molecule has 0 unspecified atom stereocenters. The fourth-order valence-corrected chi connectivity index (χ4v) is 3.25. The van der Waals surface area contributed by atoms with Crippen LogP contribution in [0.3, 0.4) is 0 Å². The fourth-order valence-electron chi connectivity index (χ4n) is 3.25. The average Bonchev–Trinajstić information content (AvgIpc) is 3.00. The van der Waals surface area contributed by atoms with Gasteiger partial charge < -0.3 is 19.9 Å². The van der Waals surface area contributed by atoms with Gasteiger partial charge in [-0.2, -0.15) is 0 Å². The highest BCUT2D eigenvalue weighted by Gasteiger charge is 2.28. The van der Waals surface area contributed by atoms with Gasteiger partial charge in [0.25, 0.3) is 0 Å². The third kappa shape index (κ3) is 4.49. The van der Waals surface area contributed by atoms with Crippen LogP contribution in [0, 0.1) is 0 Å². The van der Waals surface area contributed by atoms with Crippen LogP contribution in [0.25, 0.3) is 11.1 Å². The molecule has 2 N–H and O–H groups in total. The van der Waals surface area contributed by atoms with E-state index in [4.69, 9.17) is 19.9 Å². The summed E-state index contributed by atoms with van der Waals surface area (Å²) in [5.74, 6) is -0.147. The Morgan fingerprint density at radius 3 is 2.04 bits per heavy atom. The van der Waals surface area contributed by atoms with Gasteiger partial charge in [-0.1, -0.05) is 48.5 Å². The Hall–Kier alpha value is -2.21. The van der Waals surface area contributed by atoms with E-state index in [0.29, 0.717) is 39.6 Å². The number of ether oxygens (including phenoxy) is 3. The van der Waals surface area contributed by atoms with E-state index in [0.717, 1.165) is 0 Å². The molecule has 2 aromatic rings. The van der Waals surface area contributed by atoms with Crippen LogP contribution in [0.5, 0.6) is 0 Å². The van der Waals surface area contributed by atoms with Crippen LogP contribution in [0.4, 0.5) is 0 Å². The normalized spacial score (nSPS) is 12.7. The van der Waals surface area contributed by atoms with Gasteiger partial charge in [0.05, 0.1) is 32.8 Å². The fraction of sp³-hybridized carbons (Fsp3) is 0.381. The Kier molecular flexibility index (Phi) is 6.77. The van der Waals surface area contributed by atoms with E-state index in [1.807, 2.05) is 24.3 Å². The molecule has 0 aromatic heterocycles. The van der Waals surface area contributed by atoms with E-state index in [-0.39, 0.29) is 18.3 Å². The lowest BCUT2D eigenvalue weighted by molar-refractivity contribution is -0.145. The summed E-state index contributed by atoms with van der Waals surface area (Å²) in [6.07, 6.45) is 0.243. The first kappa shape index (κ1) is 18.6. The van der Waals surface area contributed by atoms with Gasteiger partial charge >= 0.3 is 5.97 Å². The standard InChI is InChI=1S/C21H25NO4/c22-10-12-25-14-13-24-11-9-21(23)26-15-20-18-7-3-1-5-16(18)17-6-2-4-8-19(17)20/h1-8,20H,9-15,22H2. The molecular formula is C21H25NO4. The minimum Gasteiger partial charge on any atom is -0.465 e. The lowest BCUT2D eigenvalue weighted by atomic mass is 9.98. The summed E-state index contributed by atoms with van der Waals surface area (Å²) in [7, 11) is 0. The lowest BCUT2D eigenvalue weighted by Gasteiger charge is -2.14.